The van der Waals surface area contributed by atoms with Crippen LogP contribution >= 0.6 is 22.6 Å². The summed E-state index contributed by atoms with van der Waals surface area (Å²) in [6, 6.07) is 8.52. The molecular formula is C11H14INO. The molecule has 14 heavy (non-hydrogen) atoms. The number of halogens is 1. The van der Waals surface area contributed by atoms with E-state index in [-0.39, 0.29) is 12.1 Å². The van der Waals surface area contributed by atoms with Gasteiger partial charge in [0.2, 0.25) is 0 Å². The number of nitrogens with one attached hydrogen (secondary N) is 1. The molecule has 2 rings (SSSR count). The molecule has 1 aromatic rings. The van der Waals surface area contributed by atoms with Crippen LogP contribution in [0.25, 0.3) is 0 Å². The van der Waals surface area contributed by atoms with Gasteiger partial charge in [-0.1, -0.05) is 0 Å². The Morgan fingerprint density at radius 1 is 1.21 bits per heavy atom. The second kappa shape index (κ2) is 4.49. The summed E-state index contributed by atoms with van der Waals surface area (Å²) in [5.41, 5.74) is 1.11. The van der Waals surface area contributed by atoms with Crippen LogP contribution < -0.4 is 5.32 Å². The van der Waals surface area contributed by atoms with Crippen LogP contribution in [0.2, 0.25) is 0 Å². The lowest BCUT2D eigenvalue weighted by molar-refractivity contribution is 0.172. The van der Waals surface area contributed by atoms with Gasteiger partial charge in [-0.2, -0.15) is 0 Å². The molecule has 2 nitrogen and oxygen atoms in total. The van der Waals surface area contributed by atoms with Crippen molar-refractivity contribution in [2.75, 3.05) is 5.32 Å². The Kier molecular flexibility index (Phi) is 3.28. The van der Waals surface area contributed by atoms with Gasteiger partial charge >= 0.3 is 0 Å². The van der Waals surface area contributed by atoms with Crippen LogP contribution in [-0.4, -0.2) is 17.3 Å². The maximum Gasteiger partial charge on any atom is 0.0741 e. The van der Waals surface area contributed by atoms with Crippen molar-refractivity contribution in [1.82, 2.24) is 0 Å². The molecule has 0 aliphatic heterocycles. The number of anilines is 1. The van der Waals surface area contributed by atoms with Crippen molar-refractivity contribution < 1.29 is 5.11 Å². The lowest BCUT2D eigenvalue weighted by Gasteiger charge is -2.17. The molecule has 0 spiro atoms. The summed E-state index contributed by atoms with van der Waals surface area (Å²) in [5, 5.41) is 13.0. The van der Waals surface area contributed by atoms with Crippen LogP contribution in [0.15, 0.2) is 24.3 Å². The number of hydrogen-bond acceptors (Lipinski definition) is 2. The van der Waals surface area contributed by atoms with Crippen molar-refractivity contribution in [3.05, 3.63) is 27.8 Å². The number of hydrogen-bond donors (Lipinski definition) is 2. The van der Waals surface area contributed by atoms with E-state index in [0.717, 1.165) is 24.9 Å². The van der Waals surface area contributed by atoms with Gasteiger partial charge in [0.05, 0.1) is 12.1 Å². The Balaban J connectivity index is 2.00. The average Bonchev–Trinajstić information content (AvgIpc) is 2.56. The second-order valence-corrected chi connectivity index (χ2v) is 5.00. The predicted octanol–water partition coefficient (Wildman–Crippen LogP) is 2.62. The summed E-state index contributed by atoms with van der Waals surface area (Å²) in [6.45, 7) is 0. The SMILES string of the molecule is O[C@H]1CCC[C@@H]1Nc1ccc(I)cc1. The van der Waals surface area contributed by atoms with Gasteiger partial charge in [0.1, 0.15) is 0 Å². The van der Waals surface area contributed by atoms with Crippen molar-refractivity contribution in [1.29, 1.82) is 0 Å². The van der Waals surface area contributed by atoms with E-state index in [0.29, 0.717) is 0 Å². The lowest BCUT2D eigenvalue weighted by atomic mass is 10.2. The molecule has 0 radical (unpaired) electrons. The van der Waals surface area contributed by atoms with Crippen LogP contribution in [0.1, 0.15) is 19.3 Å². The molecule has 2 N–H and O–H groups in total. The van der Waals surface area contributed by atoms with Crippen molar-refractivity contribution in [3.8, 4) is 0 Å². The minimum absolute atomic E-state index is 0.172. The molecule has 0 amide bonds. The van der Waals surface area contributed by atoms with Gasteiger partial charge in [-0.15, -0.1) is 0 Å². The maximum absolute atomic E-state index is 9.64. The van der Waals surface area contributed by atoms with Gasteiger partial charge in [-0.3, -0.25) is 0 Å². The Morgan fingerprint density at radius 3 is 2.50 bits per heavy atom. The van der Waals surface area contributed by atoms with Crippen LogP contribution in [0.3, 0.4) is 0 Å². The summed E-state index contributed by atoms with van der Waals surface area (Å²) in [5.74, 6) is 0. The Labute approximate surface area is 97.9 Å². The highest BCUT2D eigenvalue weighted by Crippen LogP contribution is 2.23. The molecule has 1 aromatic carbocycles. The van der Waals surface area contributed by atoms with E-state index < -0.39 is 0 Å². The van der Waals surface area contributed by atoms with E-state index in [1.54, 1.807) is 0 Å². The van der Waals surface area contributed by atoms with Gasteiger partial charge in [0.25, 0.3) is 0 Å². The minimum atomic E-state index is -0.172. The molecule has 1 aliphatic rings. The zero-order chi connectivity index (χ0) is 9.97. The first kappa shape index (κ1) is 10.2. The predicted molar refractivity (Wildman–Crippen MR) is 66.4 cm³/mol. The van der Waals surface area contributed by atoms with E-state index in [2.05, 4.69) is 52.2 Å². The molecule has 0 bridgehead atoms. The highest BCUT2D eigenvalue weighted by molar-refractivity contribution is 14.1. The maximum atomic E-state index is 9.64. The first-order valence-electron chi connectivity index (χ1n) is 4.96. The average molecular weight is 303 g/mol. The molecule has 0 saturated heterocycles. The molecule has 0 unspecified atom stereocenters. The molecule has 0 aromatic heterocycles. The van der Waals surface area contributed by atoms with Crippen molar-refractivity contribution in [2.45, 2.75) is 31.4 Å². The Morgan fingerprint density at radius 2 is 1.93 bits per heavy atom. The van der Waals surface area contributed by atoms with Gasteiger partial charge in [-0.25, -0.2) is 0 Å². The van der Waals surface area contributed by atoms with E-state index >= 15 is 0 Å². The van der Waals surface area contributed by atoms with Gasteiger partial charge in [-0.05, 0) is 66.1 Å². The zero-order valence-electron chi connectivity index (χ0n) is 7.91. The largest absolute Gasteiger partial charge is 0.391 e. The molecule has 2 atom stereocenters. The summed E-state index contributed by atoms with van der Waals surface area (Å²) < 4.78 is 1.24. The van der Waals surface area contributed by atoms with Crippen molar-refractivity contribution in [3.63, 3.8) is 0 Å². The zero-order valence-corrected chi connectivity index (χ0v) is 10.1. The van der Waals surface area contributed by atoms with Crippen LogP contribution in [0, 0.1) is 3.57 Å². The quantitative estimate of drug-likeness (QED) is 0.823. The van der Waals surface area contributed by atoms with E-state index in [4.69, 9.17) is 0 Å². The summed E-state index contributed by atoms with van der Waals surface area (Å²) in [4.78, 5) is 0. The number of aliphatic hydroxyl groups is 1. The first-order valence-corrected chi connectivity index (χ1v) is 6.04. The normalized spacial score (nSPS) is 26.4. The standard InChI is InChI=1S/C11H14INO/c12-8-4-6-9(7-5-8)13-10-2-1-3-11(10)14/h4-7,10-11,13-14H,1-3H2/t10-,11-/m0/s1. The fourth-order valence-electron chi connectivity index (χ4n) is 1.87. The number of benzene rings is 1. The molecular weight excluding hydrogens is 289 g/mol. The van der Waals surface area contributed by atoms with E-state index in [9.17, 15) is 5.11 Å². The van der Waals surface area contributed by atoms with Crippen LogP contribution in [0.4, 0.5) is 5.69 Å². The molecule has 76 valence electrons. The summed E-state index contributed by atoms with van der Waals surface area (Å²) >= 11 is 2.29. The molecule has 1 fully saturated rings. The smallest absolute Gasteiger partial charge is 0.0741 e. The van der Waals surface area contributed by atoms with Crippen LogP contribution in [0.5, 0.6) is 0 Å². The Hall–Kier alpha value is -0.290. The highest BCUT2D eigenvalue weighted by Gasteiger charge is 2.24. The molecule has 3 heteroatoms. The molecule has 1 saturated carbocycles. The van der Waals surface area contributed by atoms with Crippen molar-refractivity contribution >= 4 is 28.3 Å². The third-order valence-corrected chi connectivity index (χ3v) is 3.39. The fraction of sp³-hybridized carbons (Fsp3) is 0.455. The highest BCUT2D eigenvalue weighted by atomic mass is 127. The van der Waals surface area contributed by atoms with Crippen LogP contribution in [-0.2, 0) is 0 Å². The van der Waals surface area contributed by atoms with E-state index in [1.165, 1.54) is 3.57 Å². The second-order valence-electron chi connectivity index (χ2n) is 3.76. The first-order chi connectivity index (χ1) is 6.75. The Bertz CT molecular complexity index is 299. The summed E-state index contributed by atoms with van der Waals surface area (Å²) in [7, 11) is 0. The lowest BCUT2D eigenvalue weighted by Crippen LogP contribution is -2.27. The number of aliphatic hydroxyl groups excluding tert-OH is 1. The van der Waals surface area contributed by atoms with E-state index in [1.807, 2.05) is 0 Å². The van der Waals surface area contributed by atoms with Gasteiger partial charge < -0.3 is 10.4 Å². The molecule has 1 aliphatic carbocycles. The number of rotatable bonds is 2. The van der Waals surface area contributed by atoms with Gasteiger partial charge in [0, 0.05) is 9.26 Å². The van der Waals surface area contributed by atoms with Gasteiger partial charge in [0.15, 0.2) is 0 Å². The van der Waals surface area contributed by atoms with Crippen molar-refractivity contribution in [2.24, 2.45) is 0 Å². The molecule has 0 heterocycles. The fourth-order valence-corrected chi connectivity index (χ4v) is 2.23. The topological polar surface area (TPSA) is 32.3 Å². The third-order valence-electron chi connectivity index (χ3n) is 2.68. The summed E-state index contributed by atoms with van der Waals surface area (Å²) in [6.07, 6.45) is 2.97. The monoisotopic (exact) mass is 303 g/mol. The third kappa shape index (κ3) is 2.39. The minimum Gasteiger partial charge on any atom is -0.391 e.